The van der Waals surface area contributed by atoms with Crippen molar-refractivity contribution in [3.8, 4) is 11.5 Å². The van der Waals surface area contributed by atoms with Gasteiger partial charge in [-0.15, -0.1) is 0 Å². The molecule has 3 rings (SSSR count). The summed E-state index contributed by atoms with van der Waals surface area (Å²) in [6.45, 7) is 1.43. The number of ketones is 1. The van der Waals surface area contributed by atoms with Crippen molar-refractivity contribution in [3.05, 3.63) is 50.9 Å². The molecule has 2 N–H and O–H groups in total. The van der Waals surface area contributed by atoms with Crippen molar-refractivity contribution in [3.63, 3.8) is 0 Å². The minimum atomic E-state index is -0.524. The molecule has 0 atom stereocenters. The number of benzene rings is 1. The van der Waals surface area contributed by atoms with Crippen molar-refractivity contribution in [1.29, 1.82) is 0 Å². The lowest BCUT2D eigenvalue weighted by Gasteiger charge is -2.10. The molecule has 7 nitrogen and oxygen atoms in total. The smallest absolute Gasteiger partial charge is 0.266 e. The van der Waals surface area contributed by atoms with Crippen molar-refractivity contribution < 1.29 is 19.1 Å². The molecule has 1 aromatic carbocycles. The summed E-state index contributed by atoms with van der Waals surface area (Å²) in [4.78, 5) is 37.6. The van der Waals surface area contributed by atoms with Crippen LogP contribution in [0.25, 0.3) is 0 Å². The highest BCUT2D eigenvalue weighted by molar-refractivity contribution is 6.30. The Morgan fingerprint density at radius 2 is 1.91 bits per heavy atom. The number of hydrogen-bond acceptors (Lipinski definition) is 5. The first-order valence-corrected chi connectivity index (χ1v) is 6.97. The number of halogens is 1. The fourth-order valence-electron chi connectivity index (χ4n) is 2.12. The Labute approximate surface area is 135 Å². The summed E-state index contributed by atoms with van der Waals surface area (Å²) in [5.41, 5.74) is 0.240. The molecule has 1 aliphatic rings. The largest absolute Gasteiger partial charge is 0.454 e. The fraction of sp³-hybridized carbons (Fsp3) is 0.133. The van der Waals surface area contributed by atoms with Crippen LogP contribution in [-0.2, 0) is 0 Å². The number of aromatic amines is 1. The van der Waals surface area contributed by atoms with Gasteiger partial charge >= 0.3 is 0 Å². The second-order valence-corrected chi connectivity index (χ2v) is 5.23. The van der Waals surface area contributed by atoms with Crippen LogP contribution in [0.5, 0.6) is 11.5 Å². The molecule has 0 saturated carbocycles. The van der Waals surface area contributed by atoms with E-state index in [4.69, 9.17) is 21.1 Å². The van der Waals surface area contributed by atoms with E-state index in [1.807, 2.05) is 0 Å². The number of nitrogens with one attached hydrogen (secondary N) is 2. The summed E-state index contributed by atoms with van der Waals surface area (Å²) in [5, 5.41) is 2.51. The van der Waals surface area contributed by atoms with E-state index in [1.54, 1.807) is 0 Å². The van der Waals surface area contributed by atoms with Crippen molar-refractivity contribution in [2.45, 2.75) is 6.92 Å². The van der Waals surface area contributed by atoms with E-state index < -0.39 is 11.5 Å². The maximum atomic E-state index is 12.3. The molecule has 0 fully saturated rings. The Balaban J connectivity index is 1.95. The van der Waals surface area contributed by atoms with E-state index in [-0.39, 0.29) is 34.4 Å². The molecule has 0 aliphatic carbocycles. The molecule has 8 heteroatoms. The molecule has 0 saturated heterocycles. The molecule has 0 unspecified atom stereocenters. The van der Waals surface area contributed by atoms with Gasteiger partial charge in [-0.3, -0.25) is 14.4 Å². The summed E-state index contributed by atoms with van der Waals surface area (Å²) >= 11 is 5.70. The number of carbonyl (C=O) groups excluding carboxylic acids is 2. The second-order valence-electron chi connectivity index (χ2n) is 4.83. The van der Waals surface area contributed by atoms with Crippen LogP contribution in [0.1, 0.15) is 27.6 Å². The summed E-state index contributed by atoms with van der Waals surface area (Å²) in [7, 11) is 0. The van der Waals surface area contributed by atoms with Crippen molar-refractivity contribution >= 4 is 29.0 Å². The van der Waals surface area contributed by atoms with Crippen LogP contribution >= 0.6 is 11.6 Å². The normalized spacial score (nSPS) is 12.1. The van der Waals surface area contributed by atoms with E-state index in [0.29, 0.717) is 11.5 Å². The summed E-state index contributed by atoms with van der Waals surface area (Å²) in [6.07, 6.45) is 1.24. The van der Waals surface area contributed by atoms with Gasteiger partial charge in [-0.1, -0.05) is 11.6 Å². The van der Waals surface area contributed by atoms with Crippen molar-refractivity contribution in [2.24, 2.45) is 0 Å². The molecular formula is C15H11ClN2O5. The van der Waals surface area contributed by atoms with Crippen LogP contribution in [0.4, 0.5) is 5.69 Å². The average Bonchev–Trinajstić information content (AvgIpc) is 2.96. The minimum Gasteiger partial charge on any atom is -0.454 e. The molecule has 23 heavy (non-hydrogen) atoms. The molecule has 1 aliphatic heterocycles. The highest BCUT2D eigenvalue weighted by Gasteiger charge is 2.21. The lowest BCUT2D eigenvalue weighted by atomic mass is 10.1. The maximum Gasteiger partial charge on any atom is 0.266 e. The van der Waals surface area contributed by atoms with E-state index in [0.717, 1.165) is 0 Å². The Bertz CT molecular complexity index is 875. The molecule has 118 valence electrons. The highest BCUT2D eigenvalue weighted by atomic mass is 35.5. The predicted molar refractivity (Wildman–Crippen MR) is 82.6 cm³/mol. The number of rotatable bonds is 3. The van der Waals surface area contributed by atoms with Gasteiger partial charge in [0, 0.05) is 17.8 Å². The zero-order chi connectivity index (χ0) is 16.6. The van der Waals surface area contributed by atoms with Crippen molar-refractivity contribution in [2.75, 3.05) is 12.1 Å². The molecule has 2 aromatic rings. The van der Waals surface area contributed by atoms with E-state index >= 15 is 0 Å². The fourth-order valence-corrected chi connectivity index (χ4v) is 2.29. The molecule has 0 spiro atoms. The number of ether oxygens (including phenoxy) is 2. The molecule has 1 aromatic heterocycles. The molecular weight excluding hydrogens is 324 g/mol. The van der Waals surface area contributed by atoms with Gasteiger partial charge < -0.3 is 19.8 Å². The number of amides is 1. The SMILES string of the molecule is CC(=O)c1cc2c(cc1NC(=O)c1c[nH]c(=O)c(Cl)c1)OCO2. The standard InChI is InChI=1S/C15H11ClN2O5/c1-7(19)9-3-12-13(23-6-22-12)4-11(9)18-14(20)8-2-10(16)15(21)17-5-8/h2-5H,6H2,1H3,(H,17,21)(H,18,20). The van der Waals surface area contributed by atoms with Crippen LogP contribution in [0.3, 0.4) is 0 Å². The third kappa shape index (κ3) is 2.91. The Morgan fingerprint density at radius 3 is 2.57 bits per heavy atom. The van der Waals surface area contributed by atoms with Crippen LogP contribution in [0.2, 0.25) is 5.02 Å². The van der Waals surface area contributed by atoms with Gasteiger partial charge in [0.1, 0.15) is 5.02 Å². The Hall–Kier alpha value is -2.80. The average molecular weight is 335 g/mol. The Kier molecular flexibility index (Phi) is 3.79. The molecule has 0 bridgehead atoms. The zero-order valence-electron chi connectivity index (χ0n) is 11.9. The number of carbonyl (C=O) groups is 2. The van der Waals surface area contributed by atoms with Gasteiger partial charge in [-0.25, -0.2) is 0 Å². The highest BCUT2D eigenvalue weighted by Crippen LogP contribution is 2.37. The van der Waals surface area contributed by atoms with E-state index in [9.17, 15) is 14.4 Å². The summed E-state index contributed by atoms with van der Waals surface area (Å²) < 4.78 is 10.5. The first-order valence-electron chi connectivity index (χ1n) is 6.60. The van der Waals surface area contributed by atoms with E-state index in [2.05, 4.69) is 10.3 Å². The van der Waals surface area contributed by atoms with Gasteiger partial charge in [0.25, 0.3) is 11.5 Å². The number of pyridine rings is 1. The first kappa shape index (κ1) is 15.1. The quantitative estimate of drug-likeness (QED) is 0.839. The number of hydrogen-bond donors (Lipinski definition) is 2. The third-order valence-corrected chi connectivity index (χ3v) is 3.54. The molecule has 2 heterocycles. The number of anilines is 1. The number of fused-ring (bicyclic) bond motifs is 1. The van der Waals surface area contributed by atoms with Gasteiger partial charge in [0.05, 0.1) is 11.3 Å². The summed E-state index contributed by atoms with van der Waals surface area (Å²) in [5.74, 6) is 0.118. The minimum absolute atomic E-state index is 0.0552. The Morgan fingerprint density at radius 1 is 1.22 bits per heavy atom. The van der Waals surface area contributed by atoms with Gasteiger partial charge in [0.2, 0.25) is 6.79 Å². The lowest BCUT2D eigenvalue weighted by Crippen LogP contribution is -2.17. The first-order chi connectivity index (χ1) is 11.0. The second kappa shape index (κ2) is 5.77. The number of H-pyrrole nitrogens is 1. The van der Waals surface area contributed by atoms with Crippen LogP contribution in [0.15, 0.2) is 29.2 Å². The van der Waals surface area contributed by atoms with Crippen LogP contribution in [0, 0.1) is 0 Å². The lowest BCUT2D eigenvalue weighted by molar-refractivity contribution is 0.101. The van der Waals surface area contributed by atoms with Gasteiger partial charge in [-0.05, 0) is 19.1 Å². The third-order valence-electron chi connectivity index (χ3n) is 3.26. The van der Waals surface area contributed by atoms with Crippen LogP contribution in [-0.4, -0.2) is 23.5 Å². The topological polar surface area (TPSA) is 97.5 Å². The number of Topliss-reactive ketones (excluding diaryl/α,β-unsaturated/α-hetero) is 1. The predicted octanol–water partition coefficient (Wildman–Crippen LogP) is 2.21. The van der Waals surface area contributed by atoms with Gasteiger partial charge in [-0.2, -0.15) is 0 Å². The number of aromatic nitrogens is 1. The monoisotopic (exact) mass is 334 g/mol. The zero-order valence-corrected chi connectivity index (χ0v) is 12.7. The van der Waals surface area contributed by atoms with Gasteiger partial charge in [0.15, 0.2) is 17.3 Å². The van der Waals surface area contributed by atoms with Crippen molar-refractivity contribution in [1.82, 2.24) is 4.98 Å². The van der Waals surface area contributed by atoms with Crippen LogP contribution < -0.4 is 20.3 Å². The molecule has 1 amide bonds. The summed E-state index contributed by atoms with van der Waals surface area (Å²) in [6, 6.07) is 4.28. The maximum absolute atomic E-state index is 12.3. The van der Waals surface area contributed by atoms with E-state index in [1.165, 1.54) is 31.3 Å². The molecule has 0 radical (unpaired) electrons.